The largest absolute Gasteiger partial charge is 0.477 e. The second kappa shape index (κ2) is 7.34. The SMILES string of the molecule is O=C(O)c1c(-c2ccccc2)oc2c(CN3CCOCC3)cccc2c1=O. The van der Waals surface area contributed by atoms with Crippen LogP contribution in [0.15, 0.2) is 57.7 Å². The van der Waals surface area contributed by atoms with Gasteiger partial charge in [0.2, 0.25) is 5.43 Å². The molecule has 1 aliphatic heterocycles. The Kier molecular flexibility index (Phi) is 4.75. The van der Waals surface area contributed by atoms with Gasteiger partial charge in [0.25, 0.3) is 0 Å². The zero-order chi connectivity index (χ0) is 18.8. The predicted molar refractivity (Wildman–Crippen MR) is 101 cm³/mol. The molecule has 138 valence electrons. The number of rotatable bonds is 4. The van der Waals surface area contributed by atoms with Gasteiger partial charge in [-0.05, 0) is 6.07 Å². The van der Waals surface area contributed by atoms with Gasteiger partial charge in [-0.1, -0.05) is 42.5 Å². The van der Waals surface area contributed by atoms with E-state index in [-0.39, 0.29) is 16.7 Å². The van der Waals surface area contributed by atoms with Crippen LogP contribution in [0.2, 0.25) is 0 Å². The number of ether oxygens (including phenoxy) is 1. The molecule has 1 aliphatic rings. The number of para-hydroxylation sites is 1. The summed E-state index contributed by atoms with van der Waals surface area (Å²) >= 11 is 0. The highest BCUT2D eigenvalue weighted by molar-refractivity contribution is 5.98. The molecule has 1 saturated heterocycles. The molecular formula is C21H19NO5. The second-order valence-corrected chi connectivity index (χ2v) is 6.49. The Morgan fingerprint density at radius 3 is 2.48 bits per heavy atom. The van der Waals surface area contributed by atoms with Crippen LogP contribution in [0.25, 0.3) is 22.3 Å². The summed E-state index contributed by atoms with van der Waals surface area (Å²) in [5.74, 6) is -1.20. The Morgan fingerprint density at radius 1 is 1.04 bits per heavy atom. The first-order chi connectivity index (χ1) is 13.1. The molecule has 0 saturated carbocycles. The van der Waals surface area contributed by atoms with Crippen LogP contribution >= 0.6 is 0 Å². The summed E-state index contributed by atoms with van der Waals surface area (Å²) in [4.78, 5) is 26.9. The van der Waals surface area contributed by atoms with Crippen molar-refractivity contribution in [3.05, 3.63) is 69.9 Å². The highest BCUT2D eigenvalue weighted by atomic mass is 16.5. The standard InChI is InChI=1S/C21H19NO5/c23-18-16-8-4-7-15(13-22-9-11-26-12-10-22)19(16)27-20(17(18)21(24)25)14-5-2-1-3-6-14/h1-8H,9-13H2,(H,24,25). The van der Waals surface area contributed by atoms with E-state index >= 15 is 0 Å². The van der Waals surface area contributed by atoms with Gasteiger partial charge in [-0.15, -0.1) is 0 Å². The molecule has 0 amide bonds. The van der Waals surface area contributed by atoms with E-state index in [1.165, 1.54) is 0 Å². The first kappa shape index (κ1) is 17.5. The summed E-state index contributed by atoms with van der Waals surface area (Å²) in [5, 5.41) is 9.91. The van der Waals surface area contributed by atoms with E-state index in [2.05, 4.69) is 4.90 Å². The number of hydrogen-bond acceptors (Lipinski definition) is 5. The summed E-state index contributed by atoms with van der Waals surface area (Å²) in [7, 11) is 0. The normalized spacial score (nSPS) is 15.1. The van der Waals surface area contributed by atoms with Gasteiger partial charge < -0.3 is 14.3 Å². The minimum atomic E-state index is -1.29. The van der Waals surface area contributed by atoms with Crippen molar-refractivity contribution in [2.24, 2.45) is 0 Å². The zero-order valence-corrected chi connectivity index (χ0v) is 14.7. The van der Waals surface area contributed by atoms with Crippen LogP contribution < -0.4 is 5.43 Å². The second-order valence-electron chi connectivity index (χ2n) is 6.49. The third-order valence-electron chi connectivity index (χ3n) is 4.75. The highest BCUT2D eigenvalue weighted by Gasteiger charge is 2.23. The molecule has 6 nitrogen and oxygen atoms in total. The Balaban J connectivity index is 1.91. The fourth-order valence-corrected chi connectivity index (χ4v) is 3.39. The molecule has 0 spiro atoms. The van der Waals surface area contributed by atoms with Gasteiger partial charge in [0.1, 0.15) is 5.58 Å². The van der Waals surface area contributed by atoms with Gasteiger partial charge in [-0.3, -0.25) is 9.69 Å². The molecule has 4 rings (SSSR count). The molecule has 0 bridgehead atoms. The minimum absolute atomic E-state index is 0.0926. The van der Waals surface area contributed by atoms with Crippen molar-refractivity contribution < 1.29 is 19.1 Å². The lowest BCUT2D eigenvalue weighted by molar-refractivity contribution is 0.0342. The van der Waals surface area contributed by atoms with E-state index < -0.39 is 11.4 Å². The molecule has 1 aromatic heterocycles. The van der Waals surface area contributed by atoms with Crippen LogP contribution in [-0.4, -0.2) is 42.3 Å². The van der Waals surface area contributed by atoms with Gasteiger partial charge in [-0.2, -0.15) is 0 Å². The van der Waals surface area contributed by atoms with Crippen LogP contribution in [0.1, 0.15) is 15.9 Å². The number of benzene rings is 2. The molecule has 1 N–H and O–H groups in total. The van der Waals surface area contributed by atoms with Crippen LogP contribution in [0.3, 0.4) is 0 Å². The summed E-state index contributed by atoms with van der Waals surface area (Å²) < 4.78 is 11.4. The lowest BCUT2D eigenvalue weighted by atomic mass is 10.0. The minimum Gasteiger partial charge on any atom is -0.477 e. The van der Waals surface area contributed by atoms with Crippen molar-refractivity contribution in [2.45, 2.75) is 6.54 Å². The maximum atomic E-state index is 12.9. The number of carboxylic acid groups (broad SMARTS) is 1. The topological polar surface area (TPSA) is 80.0 Å². The molecule has 2 aromatic carbocycles. The van der Waals surface area contributed by atoms with Crippen molar-refractivity contribution in [3.63, 3.8) is 0 Å². The molecule has 6 heteroatoms. The predicted octanol–water partition coefficient (Wildman–Crippen LogP) is 2.99. The lowest BCUT2D eigenvalue weighted by Gasteiger charge is -2.26. The molecule has 0 unspecified atom stereocenters. The Hall–Kier alpha value is -2.96. The van der Waals surface area contributed by atoms with Gasteiger partial charge in [-0.25, -0.2) is 4.79 Å². The number of fused-ring (bicyclic) bond motifs is 1. The van der Waals surface area contributed by atoms with Crippen molar-refractivity contribution in [1.29, 1.82) is 0 Å². The number of carboxylic acids is 1. The van der Waals surface area contributed by atoms with Gasteiger partial charge in [0.15, 0.2) is 11.3 Å². The molecule has 0 radical (unpaired) electrons. The molecule has 0 aliphatic carbocycles. The Bertz CT molecular complexity index is 1040. The van der Waals surface area contributed by atoms with E-state index in [0.29, 0.717) is 30.9 Å². The molecule has 0 atom stereocenters. The van der Waals surface area contributed by atoms with Gasteiger partial charge in [0, 0.05) is 30.8 Å². The van der Waals surface area contributed by atoms with Crippen molar-refractivity contribution >= 4 is 16.9 Å². The van der Waals surface area contributed by atoms with Crippen molar-refractivity contribution in [1.82, 2.24) is 4.90 Å². The van der Waals surface area contributed by atoms with Crippen LogP contribution in [0.4, 0.5) is 0 Å². The van der Waals surface area contributed by atoms with Crippen LogP contribution in [0, 0.1) is 0 Å². The first-order valence-electron chi connectivity index (χ1n) is 8.82. The quantitative estimate of drug-likeness (QED) is 0.766. The molecule has 27 heavy (non-hydrogen) atoms. The number of hydrogen-bond donors (Lipinski definition) is 1. The maximum absolute atomic E-state index is 12.9. The van der Waals surface area contributed by atoms with Crippen LogP contribution in [-0.2, 0) is 11.3 Å². The van der Waals surface area contributed by atoms with Gasteiger partial charge in [0.05, 0.1) is 18.6 Å². The molecule has 3 aromatic rings. The molecule has 1 fully saturated rings. The Labute approximate surface area is 155 Å². The average Bonchev–Trinajstić information content (AvgIpc) is 2.69. The van der Waals surface area contributed by atoms with Crippen LogP contribution in [0.5, 0.6) is 0 Å². The smallest absolute Gasteiger partial charge is 0.343 e. The summed E-state index contributed by atoms with van der Waals surface area (Å²) in [5.41, 5.74) is 1.01. The third kappa shape index (κ3) is 3.37. The fraction of sp³-hybridized carbons (Fsp3) is 0.238. The number of morpholine rings is 1. The summed E-state index contributed by atoms with van der Waals surface area (Å²) in [6.07, 6.45) is 0. The van der Waals surface area contributed by atoms with Crippen molar-refractivity contribution in [3.8, 4) is 11.3 Å². The summed E-state index contributed by atoms with van der Waals surface area (Å²) in [6, 6.07) is 14.2. The number of carbonyl (C=O) groups is 1. The lowest BCUT2D eigenvalue weighted by Crippen LogP contribution is -2.35. The van der Waals surface area contributed by atoms with E-state index in [4.69, 9.17) is 9.15 Å². The number of aromatic carboxylic acids is 1. The van der Waals surface area contributed by atoms with E-state index in [1.807, 2.05) is 12.1 Å². The molecule has 2 heterocycles. The monoisotopic (exact) mass is 365 g/mol. The molecular weight excluding hydrogens is 346 g/mol. The van der Waals surface area contributed by atoms with E-state index in [0.717, 1.165) is 18.7 Å². The summed E-state index contributed by atoms with van der Waals surface area (Å²) in [6.45, 7) is 3.57. The zero-order valence-electron chi connectivity index (χ0n) is 14.7. The first-order valence-corrected chi connectivity index (χ1v) is 8.82. The third-order valence-corrected chi connectivity index (χ3v) is 4.75. The van der Waals surface area contributed by atoms with E-state index in [1.54, 1.807) is 36.4 Å². The average molecular weight is 365 g/mol. The maximum Gasteiger partial charge on any atom is 0.343 e. The van der Waals surface area contributed by atoms with E-state index in [9.17, 15) is 14.7 Å². The fourth-order valence-electron chi connectivity index (χ4n) is 3.39. The Morgan fingerprint density at radius 2 is 1.78 bits per heavy atom. The van der Waals surface area contributed by atoms with Gasteiger partial charge >= 0.3 is 5.97 Å². The van der Waals surface area contributed by atoms with Crippen molar-refractivity contribution in [2.75, 3.05) is 26.3 Å². The highest BCUT2D eigenvalue weighted by Crippen LogP contribution is 2.28. The number of nitrogens with zero attached hydrogens (tertiary/aromatic N) is 1.